The van der Waals surface area contributed by atoms with Crippen molar-refractivity contribution < 1.29 is 10.0 Å². The highest BCUT2D eigenvalue weighted by molar-refractivity contribution is 6.45. The maximum atomic E-state index is 12.2. The number of nitrogens with zero attached hydrogens (tertiary/aromatic N) is 3. The van der Waals surface area contributed by atoms with Crippen molar-refractivity contribution in [2.45, 2.75) is 13.0 Å². The first kappa shape index (κ1) is 10.3. The van der Waals surface area contributed by atoms with Gasteiger partial charge in [0.2, 0.25) is 0 Å². The summed E-state index contributed by atoms with van der Waals surface area (Å²) in [5.74, 6) is -0.213. The van der Waals surface area contributed by atoms with E-state index < -0.39 is 0 Å². The van der Waals surface area contributed by atoms with E-state index in [1.54, 1.807) is 5.01 Å². The Labute approximate surface area is 98.9 Å². The van der Waals surface area contributed by atoms with E-state index in [2.05, 4.69) is 5.16 Å². The van der Waals surface area contributed by atoms with E-state index in [-0.39, 0.29) is 11.6 Å². The number of amides is 1. The van der Waals surface area contributed by atoms with Crippen molar-refractivity contribution in [2.75, 3.05) is 13.1 Å². The fourth-order valence-corrected chi connectivity index (χ4v) is 2.48. The van der Waals surface area contributed by atoms with Gasteiger partial charge in [0.25, 0.3) is 5.91 Å². The highest BCUT2D eigenvalue weighted by Crippen LogP contribution is 2.23. The van der Waals surface area contributed by atoms with E-state index in [9.17, 15) is 4.79 Å². The lowest BCUT2D eigenvalue weighted by Gasteiger charge is -2.24. The summed E-state index contributed by atoms with van der Waals surface area (Å²) in [4.78, 5) is 12.2. The van der Waals surface area contributed by atoms with Crippen molar-refractivity contribution in [3.05, 3.63) is 35.4 Å². The van der Waals surface area contributed by atoms with Crippen molar-refractivity contribution in [3.8, 4) is 0 Å². The van der Waals surface area contributed by atoms with Crippen LogP contribution in [-0.2, 0) is 11.3 Å². The van der Waals surface area contributed by atoms with Crippen LogP contribution in [0.4, 0.5) is 0 Å². The van der Waals surface area contributed by atoms with Gasteiger partial charge in [-0.2, -0.15) is 0 Å². The Kier molecular flexibility index (Phi) is 2.33. The third-order valence-corrected chi connectivity index (χ3v) is 3.29. The summed E-state index contributed by atoms with van der Waals surface area (Å²) in [7, 11) is 0. The van der Waals surface area contributed by atoms with Gasteiger partial charge in [-0.05, 0) is 12.0 Å². The molecule has 0 spiro atoms. The normalized spacial score (nSPS) is 22.5. The predicted octanol–water partition coefficient (Wildman–Crippen LogP) is 0.828. The van der Waals surface area contributed by atoms with Gasteiger partial charge >= 0.3 is 0 Å². The average Bonchev–Trinajstić information content (AvgIpc) is 2.76. The van der Waals surface area contributed by atoms with E-state index in [1.165, 1.54) is 0 Å². The summed E-state index contributed by atoms with van der Waals surface area (Å²) >= 11 is 0. The second-order valence-electron chi connectivity index (χ2n) is 4.28. The van der Waals surface area contributed by atoms with Crippen LogP contribution in [-0.4, -0.2) is 39.9 Å². The number of carbonyl (C=O) groups is 1. The minimum absolute atomic E-state index is 0.144. The van der Waals surface area contributed by atoms with Gasteiger partial charge in [-0.15, -0.1) is 0 Å². The number of fused-ring (bicyclic) bond motifs is 2. The lowest BCUT2D eigenvalue weighted by molar-refractivity contribution is -0.136. The van der Waals surface area contributed by atoms with Crippen LogP contribution < -0.4 is 0 Å². The van der Waals surface area contributed by atoms with Crippen LogP contribution in [0.15, 0.2) is 29.4 Å². The van der Waals surface area contributed by atoms with Crippen LogP contribution in [0.2, 0.25) is 0 Å². The number of benzene rings is 1. The third kappa shape index (κ3) is 1.51. The molecule has 1 amide bonds. The molecule has 1 saturated heterocycles. The van der Waals surface area contributed by atoms with Crippen molar-refractivity contribution in [3.63, 3.8) is 0 Å². The minimum atomic E-state index is -0.213. The summed E-state index contributed by atoms with van der Waals surface area (Å²) in [5.41, 5.74) is 1.90. The topological polar surface area (TPSA) is 56.1 Å². The molecule has 0 aromatic heterocycles. The van der Waals surface area contributed by atoms with Crippen LogP contribution >= 0.6 is 0 Å². The van der Waals surface area contributed by atoms with Gasteiger partial charge in [0, 0.05) is 25.2 Å². The number of hydrogen-bond donors (Lipinski definition) is 1. The minimum Gasteiger partial charge on any atom is -0.410 e. The van der Waals surface area contributed by atoms with Crippen molar-refractivity contribution in [2.24, 2.45) is 5.16 Å². The first-order chi connectivity index (χ1) is 8.31. The maximum absolute atomic E-state index is 12.2. The molecule has 2 aliphatic rings. The van der Waals surface area contributed by atoms with Crippen LogP contribution in [0.5, 0.6) is 0 Å². The van der Waals surface area contributed by atoms with E-state index in [0.29, 0.717) is 13.1 Å². The second-order valence-corrected chi connectivity index (χ2v) is 4.28. The quantitative estimate of drug-likeness (QED) is 0.531. The fraction of sp³-hybridized carbons (Fsp3) is 0.333. The predicted molar refractivity (Wildman–Crippen MR) is 61.5 cm³/mol. The summed E-state index contributed by atoms with van der Waals surface area (Å²) < 4.78 is 0. The molecule has 0 saturated carbocycles. The Hall–Kier alpha value is -1.88. The molecule has 3 rings (SSSR count). The van der Waals surface area contributed by atoms with Gasteiger partial charge in [-0.3, -0.25) is 9.80 Å². The molecule has 1 aromatic rings. The standard InChI is InChI=1S/C12H13N3O2/c16-12-11(13-17)10-5-2-1-4-9(10)8-14-6-3-7-15(12)14/h1-2,4-5,17H,3,6-8H2/b13-11-. The molecule has 1 fully saturated rings. The molecule has 0 unspecified atom stereocenters. The maximum Gasteiger partial charge on any atom is 0.290 e. The first-order valence-electron chi connectivity index (χ1n) is 5.68. The number of oxime groups is 1. The average molecular weight is 231 g/mol. The third-order valence-electron chi connectivity index (χ3n) is 3.29. The molecule has 0 atom stereocenters. The molecule has 2 heterocycles. The number of hydrazine groups is 1. The van der Waals surface area contributed by atoms with Crippen molar-refractivity contribution >= 4 is 11.6 Å². The van der Waals surface area contributed by atoms with Crippen LogP contribution in [0.3, 0.4) is 0 Å². The molecule has 0 radical (unpaired) electrons. The highest BCUT2D eigenvalue weighted by Gasteiger charge is 2.34. The van der Waals surface area contributed by atoms with Crippen molar-refractivity contribution in [1.29, 1.82) is 0 Å². The zero-order valence-corrected chi connectivity index (χ0v) is 9.33. The Bertz CT molecular complexity index is 498. The van der Waals surface area contributed by atoms with E-state index in [1.807, 2.05) is 29.3 Å². The van der Waals surface area contributed by atoms with Crippen molar-refractivity contribution in [1.82, 2.24) is 10.0 Å². The molecule has 1 N–H and O–H groups in total. The largest absolute Gasteiger partial charge is 0.410 e. The Morgan fingerprint density at radius 3 is 2.88 bits per heavy atom. The van der Waals surface area contributed by atoms with E-state index in [0.717, 1.165) is 24.1 Å². The van der Waals surface area contributed by atoms with Gasteiger partial charge < -0.3 is 5.21 Å². The van der Waals surface area contributed by atoms with Gasteiger partial charge in [0.1, 0.15) is 0 Å². The van der Waals surface area contributed by atoms with E-state index in [4.69, 9.17) is 5.21 Å². The first-order valence-corrected chi connectivity index (χ1v) is 5.68. The SMILES string of the molecule is O=C1/C(=N\O)c2ccccc2CN2CCCN12. The highest BCUT2D eigenvalue weighted by atomic mass is 16.4. The fourth-order valence-electron chi connectivity index (χ4n) is 2.48. The van der Waals surface area contributed by atoms with Gasteiger partial charge in [-0.1, -0.05) is 29.4 Å². The number of carbonyl (C=O) groups excluding carboxylic acids is 1. The number of rotatable bonds is 0. The Balaban J connectivity index is 2.14. The molecule has 2 aliphatic heterocycles. The lowest BCUT2D eigenvalue weighted by Crippen LogP contribution is -2.42. The lowest BCUT2D eigenvalue weighted by atomic mass is 10.0. The summed E-state index contributed by atoms with van der Waals surface area (Å²) in [5, 5.41) is 16.0. The van der Waals surface area contributed by atoms with Gasteiger partial charge in [-0.25, -0.2) is 5.01 Å². The molecular weight excluding hydrogens is 218 g/mol. The van der Waals surface area contributed by atoms with Gasteiger partial charge in [0.15, 0.2) is 5.71 Å². The smallest absolute Gasteiger partial charge is 0.290 e. The molecule has 17 heavy (non-hydrogen) atoms. The van der Waals surface area contributed by atoms with Crippen LogP contribution in [0.1, 0.15) is 17.5 Å². The van der Waals surface area contributed by atoms with E-state index >= 15 is 0 Å². The molecule has 0 bridgehead atoms. The van der Waals surface area contributed by atoms with Crippen LogP contribution in [0, 0.1) is 0 Å². The van der Waals surface area contributed by atoms with Gasteiger partial charge in [0.05, 0.1) is 0 Å². The second kappa shape index (κ2) is 3.85. The molecule has 5 nitrogen and oxygen atoms in total. The zero-order chi connectivity index (χ0) is 11.8. The molecule has 0 aliphatic carbocycles. The summed E-state index contributed by atoms with van der Waals surface area (Å²) in [6.07, 6.45) is 0.965. The Morgan fingerprint density at radius 1 is 1.24 bits per heavy atom. The summed E-state index contributed by atoms with van der Waals surface area (Å²) in [6, 6.07) is 7.58. The molecule has 1 aromatic carbocycles. The molecular formula is C12H13N3O2. The van der Waals surface area contributed by atoms with Crippen LogP contribution in [0.25, 0.3) is 0 Å². The zero-order valence-electron chi connectivity index (χ0n) is 9.33. The number of hydrogen-bond acceptors (Lipinski definition) is 4. The monoisotopic (exact) mass is 231 g/mol. The summed E-state index contributed by atoms with van der Waals surface area (Å²) in [6.45, 7) is 2.27. The molecule has 5 heteroatoms. The molecule has 88 valence electrons. The Morgan fingerprint density at radius 2 is 2.06 bits per heavy atom.